The summed E-state index contributed by atoms with van der Waals surface area (Å²) in [7, 11) is 0. The molecule has 1 aromatic carbocycles. The Hall–Kier alpha value is -1.27. The van der Waals surface area contributed by atoms with E-state index in [1.54, 1.807) is 6.07 Å². The van der Waals surface area contributed by atoms with Gasteiger partial charge in [-0.25, -0.2) is 4.98 Å². The fourth-order valence-electron chi connectivity index (χ4n) is 4.50. The van der Waals surface area contributed by atoms with E-state index in [1.807, 2.05) is 26.0 Å². The van der Waals surface area contributed by atoms with Gasteiger partial charge in [-0.1, -0.05) is 47.3 Å². The number of nitrogens with one attached hydrogen (secondary N) is 2. The summed E-state index contributed by atoms with van der Waals surface area (Å²) in [5.41, 5.74) is 1.72. The van der Waals surface area contributed by atoms with Gasteiger partial charge in [-0.2, -0.15) is 4.98 Å². The van der Waals surface area contributed by atoms with Crippen molar-refractivity contribution in [2.75, 3.05) is 29.9 Å². The van der Waals surface area contributed by atoms with Gasteiger partial charge >= 0.3 is 0 Å². The van der Waals surface area contributed by atoms with Crippen molar-refractivity contribution in [2.45, 2.75) is 51.6 Å². The minimum Gasteiger partial charge on any atom is -0.362 e. The van der Waals surface area contributed by atoms with Crippen molar-refractivity contribution >= 4 is 46.6 Å². The summed E-state index contributed by atoms with van der Waals surface area (Å²) in [6.45, 7) is 7.05. The van der Waals surface area contributed by atoms with Crippen molar-refractivity contribution in [1.82, 2.24) is 15.3 Å². The van der Waals surface area contributed by atoms with Crippen LogP contribution in [-0.2, 0) is 0 Å². The van der Waals surface area contributed by atoms with Gasteiger partial charge in [-0.05, 0) is 63.3 Å². The smallest absolute Gasteiger partial charge is 0.227 e. The average molecular weight is 469 g/mol. The van der Waals surface area contributed by atoms with Gasteiger partial charge in [0.05, 0.1) is 11.7 Å². The molecule has 0 aliphatic carbocycles. The lowest BCUT2D eigenvalue weighted by atomic mass is 9.91. The molecule has 30 heavy (non-hydrogen) atoms. The third-order valence-corrected chi connectivity index (χ3v) is 7.23. The molecule has 0 saturated carbocycles. The van der Waals surface area contributed by atoms with Crippen LogP contribution in [0.2, 0.25) is 15.1 Å². The molecule has 1 aromatic heterocycles. The number of benzene rings is 1. The minimum atomic E-state index is -0.0767. The molecule has 3 heterocycles. The molecule has 2 fully saturated rings. The predicted molar refractivity (Wildman–Crippen MR) is 126 cm³/mol. The third-order valence-electron chi connectivity index (χ3n) is 6.21. The molecule has 3 atom stereocenters. The minimum absolute atomic E-state index is 0.0767. The maximum absolute atomic E-state index is 6.55. The largest absolute Gasteiger partial charge is 0.362 e. The fourth-order valence-corrected chi connectivity index (χ4v) is 5.21. The molecule has 2 aromatic rings. The van der Waals surface area contributed by atoms with E-state index >= 15 is 0 Å². The number of nitrogens with zero attached hydrogens (tertiary/aromatic N) is 3. The van der Waals surface area contributed by atoms with Gasteiger partial charge in [-0.15, -0.1) is 0 Å². The highest BCUT2D eigenvalue weighted by Crippen LogP contribution is 2.33. The van der Waals surface area contributed by atoms with Crippen molar-refractivity contribution in [1.29, 1.82) is 0 Å². The number of halogens is 3. The molecular weight excluding hydrogens is 441 g/mol. The third kappa shape index (κ3) is 4.80. The molecule has 162 valence electrons. The van der Waals surface area contributed by atoms with E-state index in [1.165, 1.54) is 25.7 Å². The molecule has 4 rings (SSSR count). The van der Waals surface area contributed by atoms with Gasteiger partial charge in [0.1, 0.15) is 5.02 Å². The van der Waals surface area contributed by atoms with Crippen LogP contribution in [0.15, 0.2) is 18.2 Å². The topological polar surface area (TPSA) is 53.1 Å². The maximum atomic E-state index is 6.55. The van der Waals surface area contributed by atoms with E-state index in [-0.39, 0.29) is 6.04 Å². The van der Waals surface area contributed by atoms with Gasteiger partial charge in [0.25, 0.3) is 0 Å². The lowest BCUT2D eigenvalue weighted by Gasteiger charge is -2.29. The Morgan fingerprint density at radius 1 is 1.17 bits per heavy atom. The maximum Gasteiger partial charge on any atom is 0.227 e. The normalized spacial score (nSPS) is 22.9. The first-order chi connectivity index (χ1) is 14.4. The average Bonchev–Trinajstić information content (AvgIpc) is 3.22. The van der Waals surface area contributed by atoms with Crippen LogP contribution < -0.4 is 15.5 Å². The van der Waals surface area contributed by atoms with Crippen molar-refractivity contribution in [3.05, 3.63) is 44.5 Å². The second kappa shape index (κ2) is 9.47. The molecule has 2 aliphatic rings. The molecule has 5 nitrogen and oxygen atoms in total. The summed E-state index contributed by atoms with van der Waals surface area (Å²) in [5.74, 6) is 2.03. The molecule has 0 amide bonds. The van der Waals surface area contributed by atoms with E-state index in [2.05, 4.69) is 20.5 Å². The molecule has 0 spiro atoms. The quantitative estimate of drug-likeness (QED) is 0.573. The number of piperidine rings is 1. The number of rotatable bonds is 5. The first-order valence-corrected chi connectivity index (χ1v) is 11.8. The highest BCUT2D eigenvalue weighted by Gasteiger charge is 2.32. The Kier molecular flexibility index (Phi) is 6.93. The summed E-state index contributed by atoms with van der Waals surface area (Å²) < 4.78 is 0. The Labute approximate surface area is 193 Å². The zero-order chi connectivity index (χ0) is 21.3. The Morgan fingerprint density at radius 2 is 2.00 bits per heavy atom. The number of hydrogen-bond donors (Lipinski definition) is 2. The Balaban J connectivity index is 1.51. The highest BCUT2D eigenvalue weighted by atomic mass is 35.5. The summed E-state index contributed by atoms with van der Waals surface area (Å²) in [4.78, 5) is 11.8. The van der Waals surface area contributed by atoms with Crippen LogP contribution in [0, 0.1) is 12.8 Å². The lowest BCUT2D eigenvalue weighted by Crippen LogP contribution is -2.41. The number of anilines is 2. The molecule has 2 aliphatic heterocycles. The van der Waals surface area contributed by atoms with Gasteiger partial charge in [0.15, 0.2) is 5.82 Å². The van der Waals surface area contributed by atoms with E-state index in [9.17, 15) is 0 Å². The van der Waals surface area contributed by atoms with E-state index in [4.69, 9.17) is 39.8 Å². The van der Waals surface area contributed by atoms with Crippen LogP contribution in [0.5, 0.6) is 0 Å². The summed E-state index contributed by atoms with van der Waals surface area (Å²) in [6.07, 6.45) is 5.05. The first kappa shape index (κ1) is 21.9. The molecule has 2 saturated heterocycles. The monoisotopic (exact) mass is 467 g/mol. The lowest BCUT2D eigenvalue weighted by molar-refractivity contribution is 0.311. The standard InChI is InChI=1S/C22H28Cl3N5/c1-13(17-7-6-16(23)11-18(17)24)27-21-20(25)14(2)28-22(29-21)30-10-8-15(12-30)19-5-3-4-9-26-19/h6-7,11,13,15,19,26H,3-5,8-10,12H2,1-2H3,(H,27,28,29)/t13-,15?,19?/m1/s1. The van der Waals surface area contributed by atoms with E-state index < -0.39 is 0 Å². The SMILES string of the molecule is Cc1nc(N2CCC(C3CCCCN3)C2)nc(N[C@H](C)c2ccc(Cl)cc2Cl)c1Cl. The van der Waals surface area contributed by atoms with Crippen molar-refractivity contribution in [3.63, 3.8) is 0 Å². The van der Waals surface area contributed by atoms with Gasteiger partial charge in [0, 0.05) is 29.2 Å². The van der Waals surface area contributed by atoms with Crippen LogP contribution in [0.3, 0.4) is 0 Å². The molecular formula is C22H28Cl3N5. The van der Waals surface area contributed by atoms with Crippen molar-refractivity contribution in [2.24, 2.45) is 5.92 Å². The molecule has 0 radical (unpaired) electrons. The second-order valence-electron chi connectivity index (χ2n) is 8.35. The van der Waals surface area contributed by atoms with Crippen LogP contribution in [0.1, 0.15) is 49.9 Å². The first-order valence-electron chi connectivity index (χ1n) is 10.7. The molecule has 0 bridgehead atoms. The van der Waals surface area contributed by atoms with Crippen LogP contribution in [-0.4, -0.2) is 35.6 Å². The van der Waals surface area contributed by atoms with Crippen LogP contribution >= 0.6 is 34.8 Å². The number of aryl methyl sites for hydroxylation is 1. The number of aromatic nitrogens is 2. The highest BCUT2D eigenvalue weighted by molar-refractivity contribution is 6.35. The van der Waals surface area contributed by atoms with Gasteiger partial charge in [0.2, 0.25) is 5.95 Å². The van der Waals surface area contributed by atoms with Gasteiger partial charge < -0.3 is 15.5 Å². The summed E-state index contributed by atoms with van der Waals surface area (Å²) in [5, 5.41) is 8.89. The Bertz CT molecular complexity index is 901. The fraction of sp³-hybridized carbons (Fsp3) is 0.545. The number of hydrogen-bond acceptors (Lipinski definition) is 5. The summed E-state index contributed by atoms with van der Waals surface area (Å²) >= 11 is 19.0. The second-order valence-corrected chi connectivity index (χ2v) is 9.58. The zero-order valence-electron chi connectivity index (χ0n) is 17.4. The van der Waals surface area contributed by atoms with E-state index in [0.29, 0.717) is 32.8 Å². The summed E-state index contributed by atoms with van der Waals surface area (Å²) in [6, 6.07) is 6.04. The molecule has 2 N–H and O–H groups in total. The zero-order valence-corrected chi connectivity index (χ0v) is 19.7. The van der Waals surface area contributed by atoms with Gasteiger partial charge in [-0.3, -0.25) is 0 Å². The molecule has 2 unspecified atom stereocenters. The van der Waals surface area contributed by atoms with Crippen LogP contribution in [0.4, 0.5) is 11.8 Å². The predicted octanol–water partition coefficient (Wildman–Crippen LogP) is 5.89. The van der Waals surface area contributed by atoms with Crippen LogP contribution in [0.25, 0.3) is 0 Å². The Morgan fingerprint density at radius 3 is 2.73 bits per heavy atom. The van der Waals surface area contributed by atoms with Crippen molar-refractivity contribution < 1.29 is 0 Å². The van der Waals surface area contributed by atoms with E-state index in [0.717, 1.165) is 36.8 Å². The van der Waals surface area contributed by atoms with Crippen molar-refractivity contribution in [3.8, 4) is 0 Å². The molecule has 8 heteroatoms.